The summed E-state index contributed by atoms with van der Waals surface area (Å²) in [7, 11) is 3.81. The Morgan fingerprint density at radius 2 is 1.86 bits per heavy atom. The van der Waals surface area contributed by atoms with Crippen LogP contribution in [-0.2, 0) is 9.53 Å². The van der Waals surface area contributed by atoms with Crippen LogP contribution in [0, 0.1) is 5.92 Å². The number of nitrogens with zero attached hydrogens (tertiary/aromatic N) is 2. The highest BCUT2D eigenvalue weighted by Gasteiger charge is 2.18. The summed E-state index contributed by atoms with van der Waals surface area (Å²) in [4.78, 5) is 16.1. The predicted molar refractivity (Wildman–Crippen MR) is 85.3 cm³/mol. The zero-order valence-corrected chi connectivity index (χ0v) is 12.9. The molecule has 0 aromatic heterocycles. The number of rotatable bonds is 5. The maximum Gasteiger partial charge on any atom is 0.240 e. The lowest BCUT2D eigenvalue weighted by Gasteiger charge is -2.28. The van der Waals surface area contributed by atoms with Crippen LogP contribution in [0.15, 0.2) is 24.3 Å². The summed E-state index contributed by atoms with van der Waals surface area (Å²) >= 11 is 0. The van der Waals surface area contributed by atoms with Gasteiger partial charge in [-0.1, -0.05) is 0 Å². The molecule has 0 aliphatic carbocycles. The first-order valence-corrected chi connectivity index (χ1v) is 7.44. The number of nitrogen functional groups attached to an aromatic ring is 1. The van der Waals surface area contributed by atoms with Gasteiger partial charge in [-0.3, -0.25) is 9.69 Å². The molecule has 1 saturated heterocycles. The summed E-state index contributed by atoms with van der Waals surface area (Å²) in [6, 6.07) is 7.35. The van der Waals surface area contributed by atoms with Crippen LogP contribution in [0.3, 0.4) is 0 Å². The molecule has 0 radical (unpaired) electrons. The third-order valence-electron chi connectivity index (χ3n) is 3.97. The van der Waals surface area contributed by atoms with E-state index in [0.29, 0.717) is 18.2 Å². The second-order valence-corrected chi connectivity index (χ2v) is 5.80. The second kappa shape index (κ2) is 7.43. The van der Waals surface area contributed by atoms with Crippen LogP contribution in [0.25, 0.3) is 0 Å². The van der Waals surface area contributed by atoms with Gasteiger partial charge in [0, 0.05) is 38.2 Å². The molecule has 0 saturated carbocycles. The lowest BCUT2D eigenvalue weighted by atomic mass is 10.00. The summed E-state index contributed by atoms with van der Waals surface area (Å²) < 4.78 is 5.36. The molecule has 21 heavy (non-hydrogen) atoms. The monoisotopic (exact) mass is 291 g/mol. The molecule has 0 atom stereocenters. The van der Waals surface area contributed by atoms with Gasteiger partial charge in [0.05, 0.1) is 6.54 Å². The largest absolute Gasteiger partial charge is 0.399 e. The van der Waals surface area contributed by atoms with Crippen LogP contribution < -0.4 is 10.6 Å². The molecule has 1 amide bonds. The normalized spacial score (nSPS) is 16.1. The fourth-order valence-electron chi connectivity index (χ4n) is 2.61. The van der Waals surface area contributed by atoms with Gasteiger partial charge in [0.1, 0.15) is 0 Å². The molecule has 1 heterocycles. The number of hydrogen-bond acceptors (Lipinski definition) is 4. The molecule has 5 nitrogen and oxygen atoms in total. The Hall–Kier alpha value is -1.59. The van der Waals surface area contributed by atoms with E-state index in [9.17, 15) is 4.79 Å². The molecular formula is C16H25N3O2. The van der Waals surface area contributed by atoms with Crippen LogP contribution in [-0.4, -0.2) is 51.2 Å². The highest BCUT2D eigenvalue weighted by Crippen LogP contribution is 2.17. The Morgan fingerprint density at radius 1 is 1.24 bits per heavy atom. The topological polar surface area (TPSA) is 58.8 Å². The van der Waals surface area contributed by atoms with E-state index < -0.39 is 0 Å². The number of hydrogen-bond donors (Lipinski definition) is 1. The van der Waals surface area contributed by atoms with Crippen molar-refractivity contribution in [3.8, 4) is 0 Å². The predicted octanol–water partition coefficient (Wildman–Crippen LogP) is 1.59. The lowest BCUT2D eigenvalue weighted by molar-refractivity contribution is -0.119. The molecule has 1 fully saturated rings. The molecule has 2 rings (SSSR count). The van der Waals surface area contributed by atoms with Crippen LogP contribution >= 0.6 is 0 Å². The van der Waals surface area contributed by atoms with E-state index in [-0.39, 0.29) is 5.91 Å². The maximum atomic E-state index is 12.3. The van der Waals surface area contributed by atoms with E-state index in [0.717, 1.165) is 38.3 Å². The summed E-state index contributed by atoms with van der Waals surface area (Å²) in [5.74, 6) is 0.729. The van der Waals surface area contributed by atoms with Crippen LogP contribution in [0.5, 0.6) is 0 Å². The lowest BCUT2D eigenvalue weighted by Crippen LogP contribution is -2.39. The standard InChI is InChI=1S/C16H25N3O2/c1-18(11-13-7-9-21-10-8-13)12-16(20)19(2)15-5-3-14(17)4-6-15/h3-6,13H,7-12,17H2,1-2H3. The third-order valence-corrected chi connectivity index (χ3v) is 3.97. The van der Waals surface area contributed by atoms with E-state index in [2.05, 4.69) is 4.90 Å². The minimum atomic E-state index is 0.0920. The Bertz CT molecular complexity index is 455. The number of carbonyl (C=O) groups excluding carboxylic acids is 1. The molecule has 1 aromatic rings. The number of nitrogens with two attached hydrogens (primary N) is 1. The number of benzene rings is 1. The molecule has 0 unspecified atom stereocenters. The number of ether oxygens (including phenoxy) is 1. The molecule has 1 aliphatic heterocycles. The van der Waals surface area contributed by atoms with Gasteiger partial charge in [0.25, 0.3) is 0 Å². The first-order chi connectivity index (χ1) is 10.1. The zero-order valence-electron chi connectivity index (χ0n) is 12.9. The Morgan fingerprint density at radius 3 is 2.48 bits per heavy atom. The van der Waals surface area contributed by atoms with Gasteiger partial charge in [-0.2, -0.15) is 0 Å². The van der Waals surface area contributed by atoms with Crippen LogP contribution in [0.1, 0.15) is 12.8 Å². The zero-order chi connectivity index (χ0) is 15.2. The van der Waals surface area contributed by atoms with E-state index in [1.807, 2.05) is 31.3 Å². The summed E-state index contributed by atoms with van der Waals surface area (Å²) in [5.41, 5.74) is 7.24. The molecular weight excluding hydrogens is 266 g/mol. The van der Waals surface area contributed by atoms with Crippen molar-refractivity contribution in [1.82, 2.24) is 4.90 Å². The van der Waals surface area contributed by atoms with Crippen molar-refractivity contribution in [2.45, 2.75) is 12.8 Å². The molecule has 0 bridgehead atoms. The maximum absolute atomic E-state index is 12.3. The summed E-state index contributed by atoms with van der Waals surface area (Å²) in [6.07, 6.45) is 2.18. The smallest absolute Gasteiger partial charge is 0.240 e. The summed E-state index contributed by atoms with van der Waals surface area (Å²) in [5, 5.41) is 0. The molecule has 2 N–H and O–H groups in total. The minimum Gasteiger partial charge on any atom is -0.399 e. The first-order valence-electron chi connectivity index (χ1n) is 7.44. The molecule has 116 valence electrons. The van der Waals surface area contributed by atoms with Crippen LogP contribution in [0.2, 0.25) is 0 Å². The van der Waals surface area contributed by atoms with Crippen molar-refractivity contribution in [3.05, 3.63) is 24.3 Å². The van der Waals surface area contributed by atoms with Crippen molar-refractivity contribution >= 4 is 17.3 Å². The number of anilines is 2. The van der Waals surface area contributed by atoms with Crippen molar-refractivity contribution < 1.29 is 9.53 Å². The number of amides is 1. The average molecular weight is 291 g/mol. The van der Waals surface area contributed by atoms with Gasteiger partial charge in [-0.05, 0) is 50.1 Å². The number of carbonyl (C=O) groups is 1. The van der Waals surface area contributed by atoms with Gasteiger partial charge < -0.3 is 15.4 Å². The Labute approximate surface area is 126 Å². The second-order valence-electron chi connectivity index (χ2n) is 5.80. The third kappa shape index (κ3) is 4.72. The first kappa shape index (κ1) is 15.8. The van der Waals surface area contributed by atoms with Crippen molar-refractivity contribution in [3.63, 3.8) is 0 Å². The minimum absolute atomic E-state index is 0.0920. The highest BCUT2D eigenvalue weighted by molar-refractivity contribution is 5.94. The van der Waals surface area contributed by atoms with Crippen molar-refractivity contribution in [2.24, 2.45) is 5.92 Å². The van der Waals surface area contributed by atoms with Gasteiger partial charge in [0.2, 0.25) is 5.91 Å². The van der Waals surface area contributed by atoms with Crippen LogP contribution in [0.4, 0.5) is 11.4 Å². The van der Waals surface area contributed by atoms with E-state index in [4.69, 9.17) is 10.5 Å². The SMILES string of the molecule is CN(CC(=O)N(C)c1ccc(N)cc1)CC1CCOCC1. The van der Waals surface area contributed by atoms with Crippen molar-refractivity contribution in [1.29, 1.82) is 0 Å². The fourth-order valence-corrected chi connectivity index (χ4v) is 2.61. The Balaban J connectivity index is 1.83. The molecule has 1 aromatic carbocycles. The van der Waals surface area contributed by atoms with Gasteiger partial charge >= 0.3 is 0 Å². The fraction of sp³-hybridized carbons (Fsp3) is 0.562. The van der Waals surface area contributed by atoms with Gasteiger partial charge in [0.15, 0.2) is 0 Å². The van der Waals surface area contributed by atoms with Crippen molar-refractivity contribution in [2.75, 3.05) is 51.0 Å². The summed E-state index contributed by atoms with van der Waals surface area (Å²) in [6.45, 7) is 3.07. The van der Waals surface area contributed by atoms with E-state index >= 15 is 0 Å². The molecule has 0 spiro atoms. The molecule has 1 aliphatic rings. The molecule has 5 heteroatoms. The quantitative estimate of drug-likeness (QED) is 0.837. The number of likely N-dealkylation sites (N-methyl/N-ethyl adjacent to an activating group) is 2. The highest BCUT2D eigenvalue weighted by atomic mass is 16.5. The Kier molecular flexibility index (Phi) is 5.59. The van der Waals surface area contributed by atoms with Gasteiger partial charge in [-0.15, -0.1) is 0 Å². The average Bonchev–Trinajstić information content (AvgIpc) is 2.48. The van der Waals surface area contributed by atoms with E-state index in [1.54, 1.807) is 11.9 Å². The van der Waals surface area contributed by atoms with Gasteiger partial charge in [-0.25, -0.2) is 0 Å². The van der Waals surface area contributed by atoms with E-state index in [1.165, 1.54) is 0 Å².